The van der Waals surface area contributed by atoms with Crippen LogP contribution in [0.5, 0.6) is 0 Å². The molecule has 0 aliphatic carbocycles. The molecule has 24 heavy (non-hydrogen) atoms. The van der Waals surface area contributed by atoms with Crippen molar-refractivity contribution in [3.05, 3.63) is 71.0 Å². The lowest BCUT2D eigenvalue weighted by Gasteiger charge is -2.23. The number of carbonyl (C=O) groups is 1. The van der Waals surface area contributed by atoms with E-state index < -0.39 is 29.9 Å². The number of aliphatic hydroxyl groups is 1. The van der Waals surface area contributed by atoms with E-state index in [1.165, 1.54) is 23.1 Å². The van der Waals surface area contributed by atoms with Crippen LogP contribution >= 0.6 is 0 Å². The highest BCUT2D eigenvalue weighted by Gasteiger charge is 2.49. The number of hydrogen-bond acceptors (Lipinski definition) is 2. The van der Waals surface area contributed by atoms with Crippen molar-refractivity contribution in [1.82, 2.24) is 4.90 Å². The zero-order valence-electron chi connectivity index (χ0n) is 13.4. The Morgan fingerprint density at radius 3 is 2.62 bits per heavy atom. The second-order valence-corrected chi connectivity index (χ2v) is 6.31. The van der Waals surface area contributed by atoms with E-state index in [-0.39, 0.29) is 18.7 Å². The molecule has 3 rings (SSSR count). The van der Waals surface area contributed by atoms with E-state index in [4.69, 9.17) is 0 Å². The molecular formula is C19H19F2NO2. The maximum atomic E-state index is 15.1. The number of rotatable bonds is 3. The Kier molecular flexibility index (Phi) is 4.37. The molecule has 2 atom stereocenters. The van der Waals surface area contributed by atoms with E-state index in [1.54, 1.807) is 31.2 Å². The second-order valence-electron chi connectivity index (χ2n) is 6.31. The summed E-state index contributed by atoms with van der Waals surface area (Å²) in [6.45, 7) is 0.884. The van der Waals surface area contributed by atoms with E-state index in [2.05, 4.69) is 0 Å². The molecule has 126 valence electrons. The zero-order chi connectivity index (χ0) is 17.3. The van der Waals surface area contributed by atoms with Crippen LogP contribution in [0.4, 0.5) is 8.78 Å². The normalized spacial score (nSPS) is 23.5. The SMILES string of the molecule is Cc1ccc(C(=O)N2C[C@@H](c3ccccc3)[C@@](F)(CO)C2)cc1F. The van der Waals surface area contributed by atoms with Crippen molar-refractivity contribution in [2.24, 2.45) is 0 Å². The maximum absolute atomic E-state index is 15.1. The van der Waals surface area contributed by atoms with Gasteiger partial charge in [-0.15, -0.1) is 0 Å². The Morgan fingerprint density at radius 1 is 1.29 bits per heavy atom. The molecule has 0 radical (unpaired) electrons. The number of aliphatic hydroxyl groups excluding tert-OH is 1. The van der Waals surface area contributed by atoms with Gasteiger partial charge in [-0.25, -0.2) is 8.78 Å². The fraction of sp³-hybridized carbons (Fsp3) is 0.316. The number of likely N-dealkylation sites (tertiary alicyclic amines) is 1. The number of benzene rings is 2. The molecule has 0 saturated carbocycles. The van der Waals surface area contributed by atoms with Crippen molar-refractivity contribution >= 4 is 5.91 Å². The van der Waals surface area contributed by atoms with Crippen molar-refractivity contribution < 1.29 is 18.7 Å². The maximum Gasteiger partial charge on any atom is 0.254 e. The van der Waals surface area contributed by atoms with Crippen LogP contribution in [0.15, 0.2) is 48.5 Å². The summed E-state index contributed by atoms with van der Waals surface area (Å²) in [6.07, 6.45) is 0. The van der Waals surface area contributed by atoms with Gasteiger partial charge in [-0.3, -0.25) is 4.79 Å². The van der Waals surface area contributed by atoms with Gasteiger partial charge in [-0.05, 0) is 30.2 Å². The monoisotopic (exact) mass is 331 g/mol. The van der Waals surface area contributed by atoms with Crippen molar-refractivity contribution in [1.29, 1.82) is 0 Å². The predicted molar refractivity (Wildman–Crippen MR) is 87.1 cm³/mol. The average molecular weight is 331 g/mol. The number of amides is 1. The van der Waals surface area contributed by atoms with Gasteiger partial charge in [0.25, 0.3) is 5.91 Å². The molecule has 0 bridgehead atoms. The van der Waals surface area contributed by atoms with E-state index in [0.29, 0.717) is 5.56 Å². The van der Waals surface area contributed by atoms with E-state index in [0.717, 1.165) is 5.56 Å². The van der Waals surface area contributed by atoms with Gasteiger partial charge < -0.3 is 10.0 Å². The minimum Gasteiger partial charge on any atom is -0.393 e. The van der Waals surface area contributed by atoms with Gasteiger partial charge in [0.05, 0.1) is 13.2 Å². The molecule has 1 heterocycles. The Bertz CT molecular complexity index is 750. The summed E-state index contributed by atoms with van der Waals surface area (Å²) in [4.78, 5) is 13.9. The van der Waals surface area contributed by atoms with Gasteiger partial charge in [0.2, 0.25) is 0 Å². The first-order valence-corrected chi connectivity index (χ1v) is 7.85. The van der Waals surface area contributed by atoms with Crippen molar-refractivity contribution in [3.63, 3.8) is 0 Å². The highest BCUT2D eigenvalue weighted by molar-refractivity contribution is 5.94. The van der Waals surface area contributed by atoms with Gasteiger partial charge in [0.1, 0.15) is 5.82 Å². The van der Waals surface area contributed by atoms with Crippen molar-refractivity contribution in [3.8, 4) is 0 Å². The number of alkyl halides is 1. The molecule has 3 nitrogen and oxygen atoms in total. The van der Waals surface area contributed by atoms with Crippen LogP contribution in [-0.2, 0) is 0 Å². The molecule has 1 amide bonds. The average Bonchev–Trinajstić information content (AvgIpc) is 2.96. The van der Waals surface area contributed by atoms with Gasteiger partial charge >= 0.3 is 0 Å². The first kappa shape index (κ1) is 16.6. The summed E-state index contributed by atoms with van der Waals surface area (Å²) in [5.74, 6) is -1.50. The molecule has 0 spiro atoms. The standard InChI is InChI=1S/C19H19F2NO2/c1-13-7-8-15(9-17(13)20)18(24)22-10-16(19(21,11-22)12-23)14-5-3-2-4-6-14/h2-9,16,23H,10-12H2,1H3/t16-,19-/m0/s1. The molecule has 1 N–H and O–H groups in total. The lowest BCUT2D eigenvalue weighted by molar-refractivity contribution is 0.0575. The third kappa shape index (κ3) is 2.91. The lowest BCUT2D eigenvalue weighted by Crippen LogP contribution is -2.37. The molecule has 1 aliphatic heterocycles. The third-order valence-electron chi connectivity index (χ3n) is 4.65. The summed E-state index contributed by atoms with van der Waals surface area (Å²) in [5.41, 5.74) is -0.530. The van der Waals surface area contributed by atoms with Crippen LogP contribution in [0.3, 0.4) is 0 Å². The fourth-order valence-corrected chi connectivity index (χ4v) is 3.19. The number of aryl methyl sites for hydroxylation is 1. The van der Waals surface area contributed by atoms with E-state index >= 15 is 4.39 Å². The minimum absolute atomic E-state index is 0.148. The molecule has 0 aromatic heterocycles. The van der Waals surface area contributed by atoms with Gasteiger partial charge in [-0.2, -0.15) is 0 Å². The summed E-state index contributed by atoms with van der Waals surface area (Å²) in [7, 11) is 0. The number of nitrogens with zero attached hydrogens (tertiary/aromatic N) is 1. The quantitative estimate of drug-likeness (QED) is 0.939. The summed E-state index contributed by atoms with van der Waals surface area (Å²) in [5, 5.41) is 9.53. The smallest absolute Gasteiger partial charge is 0.254 e. The summed E-state index contributed by atoms with van der Waals surface area (Å²) < 4.78 is 28.8. The molecule has 2 aromatic rings. The molecule has 1 fully saturated rings. The molecule has 2 aromatic carbocycles. The predicted octanol–water partition coefficient (Wildman–Crippen LogP) is 3.07. The lowest BCUT2D eigenvalue weighted by atomic mass is 9.87. The van der Waals surface area contributed by atoms with Crippen molar-refractivity contribution in [2.75, 3.05) is 19.7 Å². The van der Waals surface area contributed by atoms with Crippen LogP contribution in [0.2, 0.25) is 0 Å². The first-order valence-electron chi connectivity index (χ1n) is 7.85. The molecule has 5 heteroatoms. The third-order valence-corrected chi connectivity index (χ3v) is 4.65. The topological polar surface area (TPSA) is 40.5 Å². The minimum atomic E-state index is -1.90. The van der Waals surface area contributed by atoms with Gasteiger partial charge in [0, 0.05) is 18.0 Å². The highest BCUT2D eigenvalue weighted by atomic mass is 19.1. The fourth-order valence-electron chi connectivity index (χ4n) is 3.19. The van der Waals surface area contributed by atoms with Gasteiger partial charge in [-0.1, -0.05) is 36.4 Å². The molecular weight excluding hydrogens is 312 g/mol. The summed E-state index contributed by atoms with van der Waals surface area (Å²) in [6, 6.07) is 13.2. The number of halogens is 2. The van der Waals surface area contributed by atoms with Crippen LogP contribution in [0, 0.1) is 12.7 Å². The zero-order valence-corrected chi connectivity index (χ0v) is 13.4. The number of hydrogen-bond donors (Lipinski definition) is 1. The van der Waals surface area contributed by atoms with Crippen LogP contribution < -0.4 is 0 Å². The van der Waals surface area contributed by atoms with Gasteiger partial charge in [0.15, 0.2) is 5.67 Å². The Balaban J connectivity index is 1.88. The first-order chi connectivity index (χ1) is 11.4. The Morgan fingerprint density at radius 2 is 2.00 bits per heavy atom. The highest BCUT2D eigenvalue weighted by Crippen LogP contribution is 2.39. The molecule has 1 aliphatic rings. The molecule has 0 unspecified atom stereocenters. The van der Waals surface area contributed by atoms with Crippen LogP contribution in [0.25, 0.3) is 0 Å². The van der Waals surface area contributed by atoms with Crippen LogP contribution in [-0.4, -0.2) is 41.3 Å². The van der Waals surface area contributed by atoms with E-state index in [9.17, 15) is 14.3 Å². The Hall–Kier alpha value is -2.27. The largest absolute Gasteiger partial charge is 0.393 e. The summed E-state index contributed by atoms with van der Waals surface area (Å²) >= 11 is 0. The second kappa shape index (κ2) is 6.32. The van der Waals surface area contributed by atoms with E-state index in [1.807, 2.05) is 6.07 Å². The number of carbonyl (C=O) groups excluding carboxylic acids is 1. The Labute approximate surface area is 139 Å². The van der Waals surface area contributed by atoms with Crippen LogP contribution in [0.1, 0.15) is 27.4 Å². The molecule has 1 saturated heterocycles. The van der Waals surface area contributed by atoms with Crippen molar-refractivity contribution in [2.45, 2.75) is 18.5 Å².